The normalized spacial score (nSPS) is 21.9. The minimum atomic E-state index is 0.506. The Kier molecular flexibility index (Phi) is 4.63. The summed E-state index contributed by atoms with van der Waals surface area (Å²) in [7, 11) is 2.20. The van der Waals surface area contributed by atoms with Gasteiger partial charge in [-0.3, -0.25) is 9.88 Å². The zero-order chi connectivity index (χ0) is 22.6. The molecule has 0 radical (unpaired) electrons. The van der Waals surface area contributed by atoms with Gasteiger partial charge in [0.25, 0.3) is 0 Å². The van der Waals surface area contributed by atoms with E-state index in [9.17, 15) is 0 Å². The van der Waals surface area contributed by atoms with Crippen LogP contribution in [0.5, 0.6) is 0 Å². The van der Waals surface area contributed by atoms with Gasteiger partial charge in [0.15, 0.2) is 5.13 Å². The molecule has 0 amide bonds. The van der Waals surface area contributed by atoms with Crippen LogP contribution >= 0.6 is 11.3 Å². The van der Waals surface area contributed by atoms with E-state index in [1.54, 1.807) is 11.3 Å². The van der Waals surface area contributed by atoms with Crippen LogP contribution in [0.2, 0.25) is 0 Å². The van der Waals surface area contributed by atoms with Crippen molar-refractivity contribution in [3.63, 3.8) is 0 Å². The summed E-state index contributed by atoms with van der Waals surface area (Å²) in [4.78, 5) is 30.3. The molecule has 2 saturated heterocycles. The molecule has 0 spiro atoms. The third kappa shape index (κ3) is 3.45. The molecule has 2 atom stereocenters. The van der Waals surface area contributed by atoms with E-state index < -0.39 is 0 Å². The zero-order valence-corrected chi connectivity index (χ0v) is 19.7. The summed E-state index contributed by atoms with van der Waals surface area (Å²) < 4.78 is 1.08. The molecule has 2 bridgehead atoms. The van der Waals surface area contributed by atoms with Gasteiger partial charge in [-0.25, -0.2) is 15.0 Å². The Bertz CT molecular complexity index is 1370. The van der Waals surface area contributed by atoms with Crippen LogP contribution in [0.4, 0.5) is 22.7 Å². The Morgan fingerprint density at radius 3 is 2.85 bits per heavy atom. The lowest BCUT2D eigenvalue weighted by atomic mass is 10.0. The van der Waals surface area contributed by atoms with Crippen LogP contribution in [0.3, 0.4) is 0 Å². The van der Waals surface area contributed by atoms with Gasteiger partial charge in [-0.05, 0) is 43.1 Å². The fourth-order valence-corrected chi connectivity index (χ4v) is 6.30. The lowest BCUT2D eigenvalue weighted by molar-refractivity contribution is 0.291. The highest BCUT2D eigenvalue weighted by molar-refractivity contribution is 7.22. The van der Waals surface area contributed by atoms with Crippen molar-refractivity contribution in [2.24, 2.45) is 0 Å². The predicted octanol–water partition coefficient (Wildman–Crippen LogP) is 3.08. The molecule has 1 N–H and O–H groups in total. The number of thiazole rings is 1. The summed E-state index contributed by atoms with van der Waals surface area (Å²) in [6, 6.07) is 7.12. The van der Waals surface area contributed by atoms with E-state index in [1.165, 1.54) is 17.5 Å². The van der Waals surface area contributed by atoms with Crippen LogP contribution in [-0.2, 0) is 13.0 Å². The predicted molar refractivity (Wildman–Crippen MR) is 134 cm³/mol. The molecule has 3 aliphatic rings. The van der Waals surface area contributed by atoms with Gasteiger partial charge in [-0.1, -0.05) is 11.3 Å². The Balaban J connectivity index is 1.10. The second kappa shape index (κ2) is 7.85. The summed E-state index contributed by atoms with van der Waals surface area (Å²) in [5.74, 6) is 2.29. The molecule has 7 rings (SSSR count). The first-order valence-electron chi connectivity index (χ1n) is 11.7. The molecule has 7 heterocycles. The van der Waals surface area contributed by atoms with Crippen molar-refractivity contribution >= 4 is 44.3 Å². The molecule has 0 saturated carbocycles. The van der Waals surface area contributed by atoms with Gasteiger partial charge < -0.3 is 15.1 Å². The third-order valence-electron chi connectivity index (χ3n) is 7.22. The highest BCUT2D eigenvalue weighted by atomic mass is 32.1. The number of aromatic nitrogens is 5. The highest BCUT2D eigenvalue weighted by Crippen LogP contribution is 2.34. The fourth-order valence-electron chi connectivity index (χ4n) is 5.36. The molecule has 0 aromatic carbocycles. The molecular weight excluding hydrogens is 446 g/mol. The number of fused-ring (bicyclic) bond motifs is 4. The molecule has 9 nitrogen and oxygen atoms in total. The summed E-state index contributed by atoms with van der Waals surface area (Å²) >= 11 is 1.69. The van der Waals surface area contributed by atoms with Crippen molar-refractivity contribution in [1.29, 1.82) is 0 Å². The van der Waals surface area contributed by atoms with Crippen molar-refractivity contribution in [1.82, 2.24) is 29.8 Å². The molecule has 10 heteroatoms. The van der Waals surface area contributed by atoms with E-state index >= 15 is 0 Å². The molecule has 3 aliphatic heterocycles. The number of likely N-dealkylation sites (tertiary alicyclic amines) is 1. The lowest BCUT2D eigenvalue weighted by Gasteiger charge is -2.31. The van der Waals surface area contributed by atoms with Crippen molar-refractivity contribution in [2.75, 3.05) is 41.8 Å². The van der Waals surface area contributed by atoms with Gasteiger partial charge in [0.05, 0.1) is 10.2 Å². The van der Waals surface area contributed by atoms with Crippen molar-refractivity contribution in [3.05, 3.63) is 54.1 Å². The number of rotatable bonds is 4. The highest BCUT2D eigenvalue weighted by Gasteiger charge is 2.42. The van der Waals surface area contributed by atoms with E-state index in [0.717, 1.165) is 65.5 Å². The van der Waals surface area contributed by atoms with Gasteiger partial charge in [0, 0.05) is 69.1 Å². The maximum atomic E-state index is 4.93. The van der Waals surface area contributed by atoms with Gasteiger partial charge >= 0.3 is 0 Å². The maximum Gasteiger partial charge on any atom is 0.227 e. The van der Waals surface area contributed by atoms with Crippen LogP contribution in [0.1, 0.15) is 17.5 Å². The molecule has 0 unspecified atom stereocenters. The van der Waals surface area contributed by atoms with E-state index in [2.05, 4.69) is 48.1 Å². The molecule has 34 heavy (non-hydrogen) atoms. The molecule has 4 aromatic heterocycles. The fraction of sp³-hybridized carbons (Fsp3) is 0.375. The summed E-state index contributed by atoms with van der Waals surface area (Å²) in [6.07, 6.45) is 9.77. The number of piperazine rings is 1. The average Bonchev–Trinajstić information content (AvgIpc) is 3.57. The first-order chi connectivity index (χ1) is 16.7. The monoisotopic (exact) mass is 471 g/mol. The quantitative estimate of drug-likeness (QED) is 0.482. The minimum Gasteiger partial charge on any atom is -0.343 e. The second-order valence-electron chi connectivity index (χ2n) is 9.35. The topological polar surface area (TPSA) is 86.2 Å². The Morgan fingerprint density at radius 2 is 1.97 bits per heavy atom. The number of pyridine rings is 2. The smallest absolute Gasteiger partial charge is 0.227 e. The van der Waals surface area contributed by atoms with Crippen molar-refractivity contribution < 1.29 is 0 Å². The van der Waals surface area contributed by atoms with Gasteiger partial charge in [-0.2, -0.15) is 4.98 Å². The summed E-state index contributed by atoms with van der Waals surface area (Å²) in [5.41, 5.74) is 3.62. The third-order valence-corrected chi connectivity index (χ3v) is 8.29. The zero-order valence-electron chi connectivity index (χ0n) is 18.9. The first-order valence-corrected chi connectivity index (χ1v) is 12.5. The Labute approximate surface area is 201 Å². The van der Waals surface area contributed by atoms with E-state index in [-0.39, 0.29) is 0 Å². The number of likely N-dealkylation sites (N-methyl/N-ethyl adjacent to an activating group) is 1. The Morgan fingerprint density at radius 1 is 1.00 bits per heavy atom. The molecule has 4 aromatic rings. The number of nitrogens with one attached hydrogen (secondary N) is 1. The van der Waals surface area contributed by atoms with Crippen molar-refractivity contribution in [2.45, 2.75) is 31.5 Å². The van der Waals surface area contributed by atoms with Crippen LogP contribution in [0, 0.1) is 0 Å². The number of hydrogen-bond acceptors (Lipinski definition) is 10. The van der Waals surface area contributed by atoms with Crippen LogP contribution < -0.4 is 15.1 Å². The van der Waals surface area contributed by atoms with Crippen LogP contribution in [0.25, 0.3) is 10.2 Å². The first kappa shape index (κ1) is 20.0. The molecule has 0 aliphatic carbocycles. The molecule has 172 valence electrons. The molecule has 2 fully saturated rings. The van der Waals surface area contributed by atoms with Gasteiger partial charge in [0.2, 0.25) is 5.95 Å². The SMILES string of the molecule is CN1C[C@@H]2C[C@H]1CN2c1nccc(Nc2cc3nc(N4CCc5cnccc5C4)sc3cn2)n1. The average molecular weight is 472 g/mol. The number of hydrogen-bond donors (Lipinski definition) is 1. The maximum absolute atomic E-state index is 4.93. The van der Waals surface area contributed by atoms with Crippen LogP contribution in [0.15, 0.2) is 43.0 Å². The number of anilines is 4. The van der Waals surface area contributed by atoms with E-state index in [1.807, 2.05) is 36.9 Å². The van der Waals surface area contributed by atoms with Gasteiger partial charge in [0.1, 0.15) is 11.6 Å². The van der Waals surface area contributed by atoms with Crippen molar-refractivity contribution in [3.8, 4) is 0 Å². The van der Waals surface area contributed by atoms with Crippen LogP contribution in [-0.4, -0.2) is 68.6 Å². The molecular formula is C24H25N9S. The van der Waals surface area contributed by atoms with E-state index in [0.29, 0.717) is 12.1 Å². The lowest BCUT2D eigenvalue weighted by Crippen LogP contribution is -2.45. The van der Waals surface area contributed by atoms with Gasteiger partial charge in [-0.15, -0.1) is 0 Å². The minimum absolute atomic E-state index is 0.506. The van der Waals surface area contributed by atoms with E-state index in [4.69, 9.17) is 9.97 Å². The summed E-state index contributed by atoms with van der Waals surface area (Å²) in [6.45, 7) is 3.90. The number of nitrogens with zero attached hydrogens (tertiary/aromatic N) is 8. The largest absolute Gasteiger partial charge is 0.343 e. The second-order valence-corrected chi connectivity index (χ2v) is 10.4. The standard InChI is InChI=1S/C24H25N9S/c1-31-13-18-8-17(31)14-33(18)23-26-6-3-21(30-23)29-22-9-19-20(11-27-22)34-24(28-19)32-7-4-15-10-25-5-2-16(15)12-32/h2-3,5-6,9-11,17-18H,4,7-8,12-14H2,1H3,(H,26,27,29,30)/t17-,18-/m0/s1. The Hall–Kier alpha value is -3.37. The summed E-state index contributed by atoms with van der Waals surface area (Å²) in [5, 5.41) is 4.40.